The number of nitrogens with one attached hydrogen (secondary N) is 1. The molecule has 1 amide bonds. The smallest absolute Gasteiger partial charge is 0.240 e. The fraction of sp³-hybridized carbons (Fsp3) is 0.562. The van der Waals surface area contributed by atoms with Crippen molar-refractivity contribution in [3.8, 4) is 0 Å². The third-order valence-electron chi connectivity index (χ3n) is 4.16. The van der Waals surface area contributed by atoms with E-state index in [2.05, 4.69) is 45.4 Å². The number of thioether (sulfide) groups is 1. The summed E-state index contributed by atoms with van der Waals surface area (Å²) in [6.07, 6.45) is 1.07. The van der Waals surface area contributed by atoms with Crippen LogP contribution in [-0.4, -0.2) is 59.6 Å². The Labute approximate surface area is 130 Å². The molecule has 0 aromatic heterocycles. The summed E-state index contributed by atoms with van der Waals surface area (Å²) < 4.78 is 0. The molecule has 2 fully saturated rings. The SMILES string of the molecule is O=C(C1CSCN1)N1CCCN(Cc2ccccc2)CC1. The average Bonchev–Trinajstić information content (AvgIpc) is 2.95. The van der Waals surface area contributed by atoms with Crippen molar-refractivity contribution in [3.63, 3.8) is 0 Å². The van der Waals surface area contributed by atoms with Crippen molar-refractivity contribution in [2.75, 3.05) is 37.8 Å². The molecule has 0 saturated carbocycles. The third kappa shape index (κ3) is 3.99. The van der Waals surface area contributed by atoms with Gasteiger partial charge in [-0.2, -0.15) is 0 Å². The molecule has 114 valence electrons. The molecule has 2 saturated heterocycles. The number of benzene rings is 1. The van der Waals surface area contributed by atoms with Crippen LogP contribution in [0.1, 0.15) is 12.0 Å². The Balaban J connectivity index is 1.53. The Kier molecular flexibility index (Phi) is 5.17. The first-order chi connectivity index (χ1) is 10.3. The molecule has 0 bridgehead atoms. The van der Waals surface area contributed by atoms with Gasteiger partial charge in [0, 0.05) is 44.4 Å². The molecule has 0 spiro atoms. The van der Waals surface area contributed by atoms with Crippen molar-refractivity contribution in [2.45, 2.75) is 19.0 Å². The van der Waals surface area contributed by atoms with Gasteiger partial charge in [-0.15, -0.1) is 11.8 Å². The molecule has 4 nitrogen and oxygen atoms in total. The first-order valence-corrected chi connectivity index (χ1v) is 8.84. The Morgan fingerprint density at radius 2 is 2.05 bits per heavy atom. The van der Waals surface area contributed by atoms with Crippen LogP contribution in [0.4, 0.5) is 0 Å². The Morgan fingerprint density at radius 1 is 1.19 bits per heavy atom. The van der Waals surface area contributed by atoms with E-state index in [1.165, 1.54) is 5.56 Å². The van der Waals surface area contributed by atoms with Crippen molar-refractivity contribution >= 4 is 17.7 Å². The Morgan fingerprint density at radius 3 is 2.81 bits per heavy atom. The summed E-state index contributed by atoms with van der Waals surface area (Å²) in [4.78, 5) is 17.0. The van der Waals surface area contributed by atoms with E-state index in [0.29, 0.717) is 5.91 Å². The van der Waals surface area contributed by atoms with Crippen LogP contribution < -0.4 is 5.32 Å². The summed E-state index contributed by atoms with van der Waals surface area (Å²) in [5, 5.41) is 3.28. The molecule has 3 rings (SSSR count). The van der Waals surface area contributed by atoms with Crippen LogP contribution in [0.15, 0.2) is 30.3 Å². The molecular formula is C16H23N3OS. The first kappa shape index (κ1) is 14.9. The van der Waals surface area contributed by atoms with Gasteiger partial charge in [0.1, 0.15) is 0 Å². The molecule has 1 N–H and O–H groups in total. The van der Waals surface area contributed by atoms with Crippen molar-refractivity contribution in [1.82, 2.24) is 15.1 Å². The highest BCUT2D eigenvalue weighted by Crippen LogP contribution is 2.14. The number of carbonyl (C=O) groups is 1. The number of nitrogens with zero attached hydrogens (tertiary/aromatic N) is 2. The van der Waals surface area contributed by atoms with E-state index >= 15 is 0 Å². The molecule has 1 aromatic carbocycles. The highest BCUT2D eigenvalue weighted by Gasteiger charge is 2.28. The van der Waals surface area contributed by atoms with Gasteiger partial charge in [0.15, 0.2) is 0 Å². The molecule has 0 aliphatic carbocycles. The molecule has 1 unspecified atom stereocenters. The lowest BCUT2D eigenvalue weighted by Crippen LogP contribution is -2.46. The van der Waals surface area contributed by atoms with Crippen molar-refractivity contribution in [1.29, 1.82) is 0 Å². The second-order valence-corrected chi connectivity index (χ2v) is 6.74. The molecule has 2 heterocycles. The van der Waals surface area contributed by atoms with E-state index in [1.807, 2.05) is 11.8 Å². The number of carbonyl (C=O) groups excluding carboxylic acids is 1. The fourth-order valence-corrected chi connectivity index (χ4v) is 3.90. The lowest BCUT2D eigenvalue weighted by Gasteiger charge is -2.24. The van der Waals surface area contributed by atoms with Gasteiger partial charge in [-0.05, 0) is 12.0 Å². The number of amides is 1. The zero-order valence-corrected chi connectivity index (χ0v) is 13.1. The van der Waals surface area contributed by atoms with Gasteiger partial charge >= 0.3 is 0 Å². The summed E-state index contributed by atoms with van der Waals surface area (Å²) >= 11 is 1.81. The lowest BCUT2D eigenvalue weighted by molar-refractivity contribution is -0.132. The maximum atomic E-state index is 12.4. The highest BCUT2D eigenvalue weighted by atomic mass is 32.2. The average molecular weight is 305 g/mol. The fourth-order valence-electron chi connectivity index (χ4n) is 2.97. The number of rotatable bonds is 3. The van der Waals surface area contributed by atoms with E-state index in [1.54, 1.807) is 0 Å². The first-order valence-electron chi connectivity index (χ1n) is 7.69. The predicted octanol–water partition coefficient (Wildman–Crippen LogP) is 1.38. The van der Waals surface area contributed by atoms with E-state index in [4.69, 9.17) is 0 Å². The minimum Gasteiger partial charge on any atom is -0.340 e. The van der Waals surface area contributed by atoms with Crippen molar-refractivity contribution in [3.05, 3.63) is 35.9 Å². The minimum atomic E-state index is 0.0377. The molecule has 2 aliphatic rings. The van der Waals surface area contributed by atoms with Gasteiger partial charge in [0.25, 0.3) is 0 Å². The quantitative estimate of drug-likeness (QED) is 0.915. The van der Waals surface area contributed by atoms with Gasteiger partial charge in [-0.1, -0.05) is 30.3 Å². The normalized spacial score (nSPS) is 24.0. The Bertz CT molecular complexity index is 462. The van der Waals surface area contributed by atoms with Gasteiger partial charge in [-0.3, -0.25) is 15.0 Å². The van der Waals surface area contributed by atoms with Crippen molar-refractivity contribution in [2.24, 2.45) is 0 Å². The van der Waals surface area contributed by atoms with E-state index in [9.17, 15) is 4.79 Å². The topological polar surface area (TPSA) is 35.6 Å². The standard InChI is InChI=1S/C16H23N3OS/c20-16(15-12-21-13-17-15)19-8-4-7-18(9-10-19)11-14-5-2-1-3-6-14/h1-3,5-6,15,17H,4,7-13H2. The van der Waals surface area contributed by atoms with Crippen LogP contribution in [0, 0.1) is 0 Å². The summed E-state index contributed by atoms with van der Waals surface area (Å²) in [6.45, 7) is 4.79. The van der Waals surface area contributed by atoms with E-state index < -0.39 is 0 Å². The van der Waals surface area contributed by atoms with Crippen LogP contribution in [0.3, 0.4) is 0 Å². The predicted molar refractivity (Wildman–Crippen MR) is 87.2 cm³/mol. The van der Waals surface area contributed by atoms with Gasteiger partial charge < -0.3 is 4.90 Å². The monoisotopic (exact) mass is 305 g/mol. The zero-order valence-electron chi connectivity index (χ0n) is 12.3. The van der Waals surface area contributed by atoms with E-state index in [-0.39, 0.29) is 6.04 Å². The summed E-state index contributed by atoms with van der Waals surface area (Å²) in [6, 6.07) is 10.6. The second-order valence-electron chi connectivity index (χ2n) is 5.71. The van der Waals surface area contributed by atoms with Gasteiger partial charge in [-0.25, -0.2) is 0 Å². The van der Waals surface area contributed by atoms with Crippen LogP contribution in [-0.2, 0) is 11.3 Å². The highest BCUT2D eigenvalue weighted by molar-refractivity contribution is 7.99. The number of hydrogen-bond acceptors (Lipinski definition) is 4. The summed E-state index contributed by atoms with van der Waals surface area (Å²) in [7, 11) is 0. The molecule has 1 aromatic rings. The van der Waals surface area contributed by atoms with Crippen LogP contribution >= 0.6 is 11.8 Å². The molecular weight excluding hydrogens is 282 g/mol. The van der Waals surface area contributed by atoms with Crippen LogP contribution in [0.5, 0.6) is 0 Å². The van der Waals surface area contributed by atoms with Crippen LogP contribution in [0.2, 0.25) is 0 Å². The minimum absolute atomic E-state index is 0.0377. The molecule has 5 heteroatoms. The zero-order chi connectivity index (χ0) is 14.5. The van der Waals surface area contributed by atoms with Gasteiger partial charge in [0.2, 0.25) is 5.91 Å². The lowest BCUT2D eigenvalue weighted by atomic mass is 10.2. The molecule has 2 aliphatic heterocycles. The van der Waals surface area contributed by atoms with Gasteiger partial charge in [0.05, 0.1) is 6.04 Å². The maximum Gasteiger partial charge on any atom is 0.240 e. The van der Waals surface area contributed by atoms with Crippen molar-refractivity contribution < 1.29 is 4.79 Å². The third-order valence-corrected chi connectivity index (χ3v) is 5.10. The second kappa shape index (κ2) is 7.29. The summed E-state index contributed by atoms with van der Waals surface area (Å²) in [5.74, 6) is 2.12. The van der Waals surface area contributed by atoms with Crippen LogP contribution in [0.25, 0.3) is 0 Å². The largest absolute Gasteiger partial charge is 0.340 e. The number of hydrogen-bond donors (Lipinski definition) is 1. The molecule has 21 heavy (non-hydrogen) atoms. The summed E-state index contributed by atoms with van der Waals surface area (Å²) in [5.41, 5.74) is 1.35. The molecule has 1 atom stereocenters. The molecule has 0 radical (unpaired) electrons. The maximum absolute atomic E-state index is 12.4. The van der Waals surface area contributed by atoms with E-state index in [0.717, 1.165) is 50.8 Å². The Hall–Kier alpha value is -1.04.